The lowest BCUT2D eigenvalue weighted by Gasteiger charge is -2.12. The lowest BCUT2D eigenvalue weighted by atomic mass is 10.3. The van der Waals surface area contributed by atoms with Crippen molar-refractivity contribution < 1.29 is 4.79 Å². The molecule has 1 heterocycles. The average Bonchev–Trinajstić information content (AvgIpc) is 2.51. The van der Waals surface area contributed by atoms with Crippen LogP contribution >= 0.6 is 0 Å². The molecule has 1 unspecified atom stereocenters. The predicted octanol–water partition coefficient (Wildman–Crippen LogP) is 0.112. The maximum atomic E-state index is 10.4. The SMILES string of the molecule is CC(CNC(N)=O)n1ccnc1. The van der Waals surface area contributed by atoms with E-state index in [1.807, 2.05) is 17.7 Å². The predicted molar refractivity (Wildman–Crippen MR) is 44.5 cm³/mol. The summed E-state index contributed by atoms with van der Waals surface area (Å²) in [5, 5.41) is 2.52. The van der Waals surface area contributed by atoms with Gasteiger partial charge in [0.05, 0.1) is 6.33 Å². The molecule has 0 aliphatic rings. The average molecular weight is 168 g/mol. The van der Waals surface area contributed by atoms with Crippen molar-refractivity contribution in [2.75, 3.05) is 6.54 Å². The standard InChI is InChI=1S/C7H12N4O/c1-6(4-10-7(8)12)11-3-2-9-5-11/h2-3,5-6H,4H2,1H3,(H3,8,10,12). The molecule has 0 saturated heterocycles. The summed E-state index contributed by atoms with van der Waals surface area (Å²) in [6, 6.07) is -0.318. The molecule has 0 bridgehead atoms. The third-order valence-electron chi connectivity index (χ3n) is 1.61. The van der Waals surface area contributed by atoms with Gasteiger partial charge in [-0.05, 0) is 6.92 Å². The monoisotopic (exact) mass is 168 g/mol. The molecule has 1 aromatic heterocycles. The van der Waals surface area contributed by atoms with Crippen molar-refractivity contribution in [3.05, 3.63) is 18.7 Å². The Kier molecular flexibility index (Phi) is 2.68. The van der Waals surface area contributed by atoms with Gasteiger partial charge in [0.1, 0.15) is 0 Å². The van der Waals surface area contributed by atoms with E-state index in [9.17, 15) is 4.79 Å². The van der Waals surface area contributed by atoms with Gasteiger partial charge in [-0.3, -0.25) is 0 Å². The van der Waals surface area contributed by atoms with Crippen LogP contribution in [0.5, 0.6) is 0 Å². The summed E-state index contributed by atoms with van der Waals surface area (Å²) in [7, 11) is 0. The molecular weight excluding hydrogens is 156 g/mol. The Morgan fingerprint density at radius 3 is 3.08 bits per heavy atom. The summed E-state index contributed by atoms with van der Waals surface area (Å²) in [4.78, 5) is 14.2. The number of carbonyl (C=O) groups excluding carboxylic acids is 1. The van der Waals surface area contributed by atoms with Gasteiger partial charge in [-0.1, -0.05) is 0 Å². The van der Waals surface area contributed by atoms with Crippen molar-refractivity contribution >= 4 is 6.03 Å². The largest absolute Gasteiger partial charge is 0.352 e. The number of nitrogens with zero attached hydrogens (tertiary/aromatic N) is 2. The summed E-state index contributed by atoms with van der Waals surface area (Å²) in [6.45, 7) is 2.49. The molecule has 3 N–H and O–H groups in total. The number of aromatic nitrogens is 2. The lowest BCUT2D eigenvalue weighted by Crippen LogP contribution is -2.33. The Morgan fingerprint density at radius 1 is 1.83 bits per heavy atom. The first-order valence-corrected chi connectivity index (χ1v) is 3.71. The van der Waals surface area contributed by atoms with Gasteiger partial charge in [0.2, 0.25) is 0 Å². The molecule has 1 atom stereocenters. The number of nitrogens with one attached hydrogen (secondary N) is 1. The Hall–Kier alpha value is -1.52. The minimum absolute atomic E-state index is 0.181. The summed E-state index contributed by atoms with van der Waals surface area (Å²) in [5.41, 5.74) is 4.92. The molecule has 1 rings (SSSR count). The molecule has 12 heavy (non-hydrogen) atoms. The molecular formula is C7H12N4O. The van der Waals surface area contributed by atoms with Crippen LogP contribution in [-0.2, 0) is 0 Å². The van der Waals surface area contributed by atoms with E-state index >= 15 is 0 Å². The van der Waals surface area contributed by atoms with Gasteiger partial charge in [-0.2, -0.15) is 0 Å². The van der Waals surface area contributed by atoms with E-state index in [4.69, 9.17) is 5.73 Å². The summed E-state index contributed by atoms with van der Waals surface area (Å²) in [6.07, 6.45) is 5.24. The second-order valence-electron chi connectivity index (χ2n) is 2.60. The molecule has 0 aromatic carbocycles. The van der Waals surface area contributed by atoms with Gasteiger partial charge >= 0.3 is 6.03 Å². The maximum Gasteiger partial charge on any atom is 0.312 e. The highest BCUT2D eigenvalue weighted by Crippen LogP contribution is 2.01. The van der Waals surface area contributed by atoms with Crippen LogP contribution in [0.1, 0.15) is 13.0 Å². The van der Waals surface area contributed by atoms with Crippen molar-refractivity contribution in [1.82, 2.24) is 14.9 Å². The Morgan fingerprint density at radius 2 is 2.58 bits per heavy atom. The van der Waals surface area contributed by atoms with Crippen LogP contribution < -0.4 is 11.1 Å². The van der Waals surface area contributed by atoms with E-state index in [-0.39, 0.29) is 6.04 Å². The normalized spacial score (nSPS) is 12.4. The van der Waals surface area contributed by atoms with Crippen LogP contribution in [0.3, 0.4) is 0 Å². The highest BCUT2D eigenvalue weighted by molar-refractivity contribution is 5.71. The smallest absolute Gasteiger partial charge is 0.312 e. The first-order chi connectivity index (χ1) is 5.70. The molecule has 5 heteroatoms. The number of hydrogen-bond donors (Lipinski definition) is 2. The van der Waals surface area contributed by atoms with Gasteiger partial charge in [0, 0.05) is 25.0 Å². The van der Waals surface area contributed by atoms with E-state index in [1.54, 1.807) is 12.5 Å². The number of rotatable bonds is 3. The van der Waals surface area contributed by atoms with Crippen LogP contribution in [0.25, 0.3) is 0 Å². The fourth-order valence-electron chi connectivity index (χ4n) is 0.884. The zero-order valence-corrected chi connectivity index (χ0v) is 6.90. The molecule has 1 aromatic rings. The van der Waals surface area contributed by atoms with E-state index in [0.29, 0.717) is 6.54 Å². The molecule has 2 amide bonds. The van der Waals surface area contributed by atoms with Crippen molar-refractivity contribution in [1.29, 1.82) is 0 Å². The van der Waals surface area contributed by atoms with Crippen LogP contribution in [-0.4, -0.2) is 22.1 Å². The van der Waals surface area contributed by atoms with Crippen molar-refractivity contribution in [2.24, 2.45) is 5.73 Å². The summed E-state index contributed by atoms with van der Waals surface area (Å²) < 4.78 is 1.90. The number of hydrogen-bond acceptors (Lipinski definition) is 2. The summed E-state index contributed by atoms with van der Waals surface area (Å²) >= 11 is 0. The number of amides is 2. The minimum Gasteiger partial charge on any atom is -0.352 e. The van der Waals surface area contributed by atoms with Gasteiger partial charge in [-0.15, -0.1) is 0 Å². The van der Waals surface area contributed by atoms with Gasteiger partial charge in [0.25, 0.3) is 0 Å². The minimum atomic E-state index is -0.498. The fourth-order valence-corrected chi connectivity index (χ4v) is 0.884. The third kappa shape index (κ3) is 2.26. The number of nitrogens with two attached hydrogens (primary N) is 1. The molecule has 0 fully saturated rings. The molecule has 0 radical (unpaired) electrons. The zero-order chi connectivity index (χ0) is 8.97. The highest BCUT2D eigenvalue weighted by Gasteiger charge is 2.03. The van der Waals surface area contributed by atoms with Gasteiger partial charge in [0.15, 0.2) is 0 Å². The number of primary amides is 1. The first-order valence-electron chi connectivity index (χ1n) is 3.71. The molecule has 5 nitrogen and oxygen atoms in total. The highest BCUT2D eigenvalue weighted by atomic mass is 16.2. The third-order valence-corrected chi connectivity index (χ3v) is 1.61. The Balaban J connectivity index is 2.39. The Bertz CT molecular complexity index is 244. The van der Waals surface area contributed by atoms with Crippen LogP contribution in [0.2, 0.25) is 0 Å². The topological polar surface area (TPSA) is 72.9 Å². The maximum absolute atomic E-state index is 10.4. The molecule has 66 valence electrons. The van der Waals surface area contributed by atoms with Crippen LogP contribution in [0.4, 0.5) is 4.79 Å². The molecule has 0 aliphatic heterocycles. The van der Waals surface area contributed by atoms with Gasteiger partial charge in [-0.25, -0.2) is 9.78 Å². The fraction of sp³-hybridized carbons (Fsp3) is 0.429. The number of imidazole rings is 1. The van der Waals surface area contributed by atoms with Crippen molar-refractivity contribution in [3.8, 4) is 0 Å². The van der Waals surface area contributed by atoms with Crippen molar-refractivity contribution in [3.63, 3.8) is 0 Å². The quantitative estimate of drug-likeness (QED) is 0.672. The van der Waals surface area contributed by atoms with Gasteiger partial charge < -0.3 is 15.6 Å². The first kappa shape index (κ1) is 8.58. The van der Waals surface area contributed by atoms with E-state index in [1.165, 1.54) is 0 Å². The van der Waals surface area contributed by atoms with E-state index in [0.717, 1.165) is 0 Å². The Labute approximate surface area is 70.6 Å². The second-order valence-corrected chi connectivity index (χ2v) is 2.60. The van der Waals surface area contributed by atoms with E-state index < -0.39 is 6.03 Å². The lowest BCUT2D eigenvalue weighted by molar-refractivity contribution is 0.247. The second kappa shape index (κ2) is 3.75. The van der Waals surface area contributed by atoms with E-state index in [2.05, 4.69) is 10.3 Å². The number of urea groups is 1. The molecule has 0 aliphatic carbocycles. The summed E-state index contributed by atoms with van der Waals surface area (Å²) in [5.74, 6) is 0. The zero-order valence-electron chi connectivity index (χ0n) is 6.90. The van der Waals surface area contributed by atoms with Crippen molar-refractivity contribution in [2.45, 2.75) is 13.0 Å². The number of carbonyl (C=O) groups is 1. The molecule has 0 spiro atoms. The van der Waals surface area contributed by atoms with Crippen LogP contribution in [0.15, 0.2) is 18.7 Å². The van der Waals surface area contributed by atoms with Crippen LogP contribution in [0, 0.1) is 0 Å². The molecule has 0 saturated carbocycles.